The van der Waals surface area contributed by atoms with Gasteiger partial charge in [-0.25, -0.2) is 4.79 Å². The number of aromatic nitrogens is 1. The average Bonchev–Trinajstić information content (AvgIpc) is 2.78. The number of nitrogens with one attached hydrogen (secondary N) is 1. The highest BCUT2D eigenvalue weighted by Gasteiger charge is 2.38. The van der Waals surface area contributed by atoms with Gasteiger partial charge in [0.1, 0.15) is 17.1 Å². The number of carbonyl (C=O) groups excluding carboxylic acids is 2. The molecule has 5 heteroatoms. The summed E-state index contributed by atoms with van der Waals surface area (Å²) in [6.07, 6.45) is 2.34. The van der Waals surface area contributed by atoms with Gasteiger partial charge in [0, 0.05) is 18.2 Å². The minimum absolute atomic E-state index is 0.225. The lowest BCUT2D eigenvalue weighted by Gasteiger charge is -2.19. The standard InChI is InChI=1S/C18H25NO4/c1-10-11(2)14(15(20)23-17(3,4)5)19-13(10)8-12-9-18(6,7)16(21)22-12/h8,19H,9H2,1-7H3/b12-8+. The maximum absolute atomic E-state index is 12.3. The Hall–Kier alpha value is -2.04. The third kappa shape index (κ3) is 3.66. The number of aromatic amines is 1. The van der Waals surface area contributed by atoms with Gasteiger partial charge in [0.15, 0.2) is 0 Å². The number of rotatable bonds is 2. The van der Waals surface area contributed by atoms with E-state index in [1.807, 2.05) is 48.5 Å². The Labute approximate surface area is 137 Å². The van der Waals surface area contributed by atoms with Crippen molar-refractivity contribution in [2.24, 2.45) is 5.41 Å². The first-order valence-electron chi connectivity index (χ1n) is 7.76. The topological polar surface area (TPSA) is 68.4 Å². The smallest absolute Gasteiger partial charge is 0.355 e. The lowest BCUT2D eigenvalue weighted by Crippen LogP contribution is -2.24. The molecule has 0 atom stereocenters. The lowest BCUT2D eigenvalue weighted by molar-refractivity contribution is -0.142. The SMILES string of the molecule is Cc1c(/C=C2\CC(C)(C)C(=O)O2)[nH]c(C(=O)OC(C)(C)C)c1C. The van der Waals surface area contributed by atoms with Gasteiger partial charge in [0.2, 0.25) is 0 Å². The first-order chi connectivity index (χ1) is 10.4. The molecular formula is C18H25NO4. The largest absolute Gasteiger partial charge is 0.455 e. The van der Waals surface area contributed by atoms with Gasteiger partial charge in [0.05, 0.1) is 5.41 Å². The number of H-pyrrole nitrogens is 1. The van der Waals surface area contributed by atoms with Crippen LogP contribution in [-0.2, 0) is 14.3 Å². The normalized spacial score (nSPS) is 19.1. The Morgan fingerprint density at radius 1 is 1.26 bits per heavy atom. The molecule has 1 aliphatic heterocycles. The van der Waals surface area contributed by atoms with Crippen molar-refractivity contribution in [2.45, 2.75) is 60.5 Å². The van der Waals surface area contributed by atoms with Gasteiger partial charge < -0.3 is 14.5 Å². The van der Waals surface area contributed by atoms with Crippen LogP contribution >= 0.6 is 0 Å². The van der Waals surface area contributed by atoms with E-state index >= 15 is 0 Å². The molecule has 1 N–H and O–H groups in total. The van der Waals surface area contributed by atoms with E-state index < -0.39 is 11.0 Å². The molecule has 2 rings (SSSR count). The molecule has 1 fully saturated rings. The van der Waals surface area contributed by atoms with E-state index in [-0.39, 0.29) is 11.9 Å². The van der Waals surface area contributed by atoms with Crippen molar-refractivity contribution >= 4 is 18.0 Å². The van der Waals surface area contributed by atoms with Crippen LogP contribution in [0.25, 0.3) is 6.08 Å². The van der Waals surface area contributed by atoms with Crippen LogP contribution in [0.5, 0.6) is 0 Å². The number of carbonyl (C=O) groups is 2. The Morgan fingerprint density at radius 3 is 2.35 bits per heavy atom. The molecule has 5 nitrogen and oxygen atoms in total. The van der Waals surface area contributed by atoms with Crippen molar-refractivity contribution in [3.05, 3.63) is 28.3 Å². The number of cyclic esters (lactones) is 1. The zero-order valence-corrected chi connectivity index (χ0v) is 14.9. The summed E-state index contributed by atoms with van der Waals surface area (Å²) in [5, 5.41) is 0. The Bertz CT molecular complexity index is 687. The molecule has 0 radical (unpaired) electrons. The summed E-state index contributed by atoms with van der Waals surface area (Å²) in [4.78, 5) is 27.1. The predicted molar refractivity (Wildman–Crippen MR) is 87.9 cm³/mol. The zero-order valence-electron chi connectivity index (χ0n) is 14.9. The summed E-state index contributed by atoms with van der Waals surface area (Å²) < 4.78 is 10.7. The maximum atomic E-state index is 12.3. The van der Waals surface area contributed by atoms with Gasteiger partial charge in [0.25, 0.3) is 0 Å². The summed E-state index contributed by atoms with van der Waals surface area (Å²) in [5.41, 5.74) is 1.94. The fourth-order valence-corrected chi connectivity index (χ4v) is 2.43. The molecular weight excluding hydrogens is 294 g/mol. The summed E-state index contributed by atoms with van der Waals surface area (Å²) in [5.74, 6) is 0.00336. The highest BCUT2D eigenvalue weighted by atomic mass is 16.6. The van der Waals surface area contributed by atoms with Crippen LogP contribution in [0.1, 0.15) is 68.3 Å². The zero-order chi connectivity index (χ0) is 17.6. The van der Waals surface area contributed by atoms with Gasteiger partial charge >= 0.3 is 11.9 Å². The molecule has 0 aliphatic carbocycles. The minimum Gasteiger partial charge on any atom is -0.455 e. The number of ether oxygens (including phenoxy) is 2. The molecule has 0 unspecified atom stereocenters. The second kappa shape index (κ2) is 5.55. The second-order valence-corrected chi connectivity index (χ2v) is 7.73. The molecule has 0 saturated carbocycles. The van der Waals surface area contributed by atoms with Gasteiger partial charge in [-0.2, -0.15) is 0 Å². The van der Waals surface area contributed by atoms with Crippen molar-refractivity contribution in [3.8, 4) is 0 Å². The first kappa shape index (κ1) is 17.3. The number of hydrogen-bond donors (Lipinski definition) is 1. The van der Waals surface area contributed by atoms with E-state index in [9.17, 15) is 9.59 Å². The van der Waals surface area contributed by atoms with Crippen LogP contribution < -0.4 is 0 Å². The van der Waals surface area contributed by atoms with Crippen molar-refractivity contribution in [1.82, 2.24) is 4.98 Å². The van der Waals surface area contributed by atoms with Crippen LogP contribution in [0.3, 0.4) is 0 Å². The molecule has 0 aromatic carbocycles. The fraction of sp³-hybridized carbons (Fsp3) is 0.556. The summed E-state index contributed by atoms with van der Waals surface area (Å²) >= 11 is 0. The van der Waals surface area contributed by atoms with Crippen LogP contribution in [0.2, 0.25) is 0 Å². The number of esters is 2. The van der Waals surface area contributed by atoms with Crippen LogP contribution in [0, 0.1) is 19.3 Å². The van der Waals surface area contributed by atoms with E-state index in [4.69, 9.17) is 9.47 Å². The average molecular weight is 319 g/mol. The number of hydrogen-bond acceptors (Lipinski definition) is 4. The Morgan fingerprint density at radius 2 is 1.87 bits per heavy atom. The lowest BCUT2D eigenvalue weighted by atomic mass is 9.91. The van der Waals surface area contributed by atoms with E-state index in [1.165, 1.54) is 0 Å². The van der Waals surface area contributed by atoms with Gasteiger partial charge in [-0.05, 0) is 59.6 Å². The molecule has 126 valence electrons. The van der Waals surface area contributed by atoms with Crippen LogP contribution in [0.15, 0.2) is 5.76 Å². The molecule has 0 amide bonds. The molecule has 1 aromatic rings. The van der Waals surface area contributed by atoms with E-state index in [0.717, 1.165) is 16.8 Å². The molecule has 1 saturated heterocycles. The molecule has 1 aromatic heterocycles. The molecule has 0 bridgehead atoms. The first-order valence-corrected chi connectivity index (χ1v) is 7.76. The van der Waals surface area contributed by atoms with Gasteiger partial charge in [-0.1, -0.05) is 0 Å². The highest BCUT2D eigenvalue weighted by Crippen LogP contribution is 2.36. The van der Waals surface area contributed by atoms with Crippen LogP contribution in [-0.4, -0.2) is 22.5 Å². The van der Waals surface area contributed by atoms with Crippen molar-refractivity contribution in [1.29, 1.82) is 0 Å². The van der Waals surface area contributed by atoms with Crippen LogP contribution in [0.4, 0.5) is 0 Å². The third-order valence-electron chi connectivity index (χ3n) is 3.90. The minimum atomic E-state index is -0.549. The molecule has 1 aliphatic rings. The Balaban J connectivity index is 2.31. The van der Waals surface area contributed by atoms with E-state index in [0.29, 0.717) is 17.9 Å². The quantitative estimate of drug-likeness (QED) is 0.839. The van der Waals surface area contributed by atoms with Gasteiger partial charge in [-0.3, -0.25) is 4.79 Å². The second-order valence-electron chi connectivity index (χ2n) is 7.73. The third-order valence-corrected chi connectivity index (χ3v) is 3.90. The van der Waals surface area contributed by atoms with E-state index in [2.05, 4.69) is 4.98 Å². The van der Waals surface area contributed by atoms with Gasteiger partial charge in [-0.15, -0.1) is 0 Å². The van der Waals surface area contributed by atoms with Crippen molar-refractivity contribution < 1.29 is 19.1 Å². The monoisotopic (exact) mass is 319 g/mol. The predicted octanol–water partition coefficient (Wildman–Crippen LogP) is 3.90. The summed E-state index contributed by atoms with van der Waals surface area (Å²) in [6, 6.07) is 0. The molecule has 2 heterocycles. The maximum Gasteiger partial charge on any atom is 0.355 e. The summed E-state index contributed by atoms with van der Waals surface area (Å²) in [7, 11) is 0. The fourth-order valence-electron chi connectivity index (χ4n) is 2.43. The van der Waals surface area contributed by atoms with Crippen molar-refractivity contribution in [3.63, 3.8) is 0 Å². The van der Waals surface area contributed by atoms with E-state index in [1.54, 1.807) is 6.08 Å². The molecule has 0 spiro atoms. The Kier molecular flexibility index (Phi) is 4.18. The van der Waals surface area contributed by atoms with Crippen molar-refractivity contribution in [2.75, 3.05) is 0 Å². The molecule has 23 heavy (non-hydrogen) atoms. The summed E-state index contributed by atoms with van der Waals surface area (Å²) in [6.45, 7) is 13.0. The number of allylic oxidation sites excluding steroid dienone is 1. The highest BCUT2D eigenvalue weighted by molar-refractivity contribution is 5.91.